The second-order valence-corrected chi connectivity index (χ2v) is 7.38. The predicted octanol–water partition coefficient (Wildman–Crippen LogP) is 6.98. The Balaban J connectivity index is 0.000000575. The lowest BCUT2D eigenvalue weighted by Gasteiger charge is -2.14. The molecule has 0 fully saturated rings. The molecule has 0 amide bonds. The molecule has 0 radical (unpaired) electrons. The lowest BCUT2D eigenvalue weighted by atomic mass is 10.00. The van der Waals surface area contributed by atoms with Crippen LogP contribution in [0.15, 0.2) is 54.6 Å². The zero-order valence-corrected chi connectivity index (χ0v) is 18.1. The second kappa shape index (κ2) is 9.92. The third-order valence-electron chi connectivity index (χ3n) is 4.91. The molecular weight excluding hydrogens is 389 g/mol. The van der Waals surface area contributed by atoms with Crippen LogP contribution in [0.3, 0.4) is 0 Å². The number of aromatic nitrogens is 1. The van der Waals surface area contributed by atoms with E-state index in [-0.39, 0.29) is 0 Å². The Morgan fingerprint density at radius 2 is 1.13 bits per heavy atom. The van der Waals surface area contributed by atoms with Gasteiger partial charge in [-0.05, 0) is 44.0 Å². The summed E-state index contributed by atoms with van der Waals surface area (Å²) in [7, 11) is -6.00. The van der Waals surface area contributed by atoms with Gasteiger partial charge in [-0.15, -0.1) is 0 Å². The van der Waals surface area contributed by atoms with Crippen LogP contribution in [0.4, 0.5) is 17.3 Å². The standard InChI is InChI=1S/C24H28N.BF4/c1-6-22-15-21(20-11-9-8-10-12-20)16-23(7-2)25(22)24-18(4)13-17(3)14-19(24)5;2-1(3,4)5/h8-16H,6-7H2,1-5H3;/q+1;-1. The van der Waals surface area contributed by atoms with Gasteiger partial charge >= 0.3 is 7.25 Å². The van der Waals surface area contributed by atoms with Gasteiger partial charge in [0, 0.05) is 36.1 Å². The molecule has 6 heteroatoms. The molecule has 3 rings (SSSR count). The molecule has 0 bridgehead atoms. The minimum absolute atomic E-state index is 1.01. The van der Waals surface area contributed by atoms with Crippen molar-refractivity contribution in [3.8, 4) is 16.8 Å². The topological polar surface area (TPSA) is 3.88 Å². The summed E-state index contributed by atoms with van der Waals surface area (Å²) in [6.07, 6.45) is 2.03. The lowest BCUT2D eigenvalue weighted by Crippen LogP contribution is -2.41. The quantitative estimate of drug-likeness (QED) is 0.245. The van der Waals surface area contributed by atoms with E-state index in [9.17, 15) is 17.3 Å². The van der Waals surface area contributed by atoms with Gasteiger partial charge in [-0.1, -0.05) is 49.7 Å². The zero-order chi connectivity index (χ0) is 22.5. The Kier molecular flexibility index (Phi) is 7.82. The fraction of sp³-hybridized carbons (Fsp3) is 0.292. The summed E-state index contributed by atoms with van der Waals surface area (Å²) < 4.78 is 41.5. The first-order valence-electron chi connectivity index (χ1n) is 10.1. The average molecular weight is 417 g/mol. The fourth-order valence-electron chi connectivity index (χ4n) is 3.84. The summed E-state index contributed by atoms with van der Waals surface area (Å²) >= 11 is 0. The SMILES string of the molecule is CCc1cc(-c2ccccc2)cc(CC)[n+]1-c1c(C)cc(C)cc1C.F[B-](F)(F)F. The molecule has 0 N–H and O–H groups in total. The van der Waals surface area contributed by atoms with E-state index >= 15 is 0 Å². The maximum atomic E-state index is 9.75. The first-order chi connectivity index (χ1) is 14.0. The van der Waals surface area contributed by atoms with Gasteiger partial charge in [0.2, 0.25) is 5.69 Å². The van der Waals surface area contributed by atoms with E-state index in [1.54, 1.807) is 0 Å². The molecule has 0 spiro atoms. The Labute approximate surface area is 176 Å². The van der Waals surface area contributed by atoms with E-state index in [0.717, 1.165) is 12.8 Å². The lowest BCUT2D eigenvalue weighted by molar-refractivity contribution is -0.613. The van der Waals surface area contributed by atoms with Crippen molar-refractivity contribution in [1.82, 2.24) is 0 Å². The van der Waals surface area contributed by atoms with Gasteiger partial charge in [-0.25, -0.2) is 0 Å². The van der Waals surface area contributed by atoms with Crippen molar-refractivity contribution in [2.24, 2.45) is 0 Å². The van der Waals surface area contributed by atoms with E-state index in [0.29, 0.717) is 0 Å². The smallest absolute Gasteiger partial charge is 0.418 e. The third kappa shape index (κ3) is 6.18. The zero-order valence-electron chi connectivity index (χ0n) is 18.1. The van der Waals surface area contributed by atoms with Crippen LogP contribution in [-0.4, -0.2) is 7.25 Å². The Morgan fingerprint density at radius 3 is 1.53 bits per heavy atom. The van der Waals surface area contributed by atoms with E-state index in [1.165, 1.54) is 44.9 Å². The summed E-state index contributed by atoms with van der Waals surface area (Å²) in [6.45, 7) is 11.1. The van der Waals surface area contributed by atoms with Gasteiger partial charge in [-0.2, -0.15) is 4.57 Å². The summed E-state index contributed by atoms with van der Waals surface area (Å²) in [4.78, 5) is 0. The number of rotatable bonds is 4. The largest absolute Gasteiger partial charge is 0.673 e. The fourth-order valence-corrected chi connectivity index (χ4v) is 3.84. The van der Waals surface area contributed by atoms with Crippen molar-refractivity contribution in [2.75, 3.05) is 0 Å². The number of hydrogen-bond donors (Lipinski definition) is 0. The molecule has 0 unspecified atom stereocenters. The third-order valence-corrected chi connectivity index (χ3v) is 4.91. The van der Waals surface area contributed by atoms with Crippen molar-refractivity contribution < 1.29 is 21.8 Å². The molecule has 3 aromatic rings. The van der Waals surface area contributed by atoms with E-state index in [2.05, 4.69) is 93.8 Å². The minimum Gasteiger partial charge on any atom is -0.418 e. The number of nitrogens with zero attached hydrogens (tertiary/aromatic N) is 1. The highest BCUT2D eigenvalue weighted by molar-refractivity contribution is 6.50. The maximum Gasteiger partial charge on any atom is 0.673 e. The molecule has 1 heterocycles. The van der Waals surface area contributed by atoms with Crippen molar-refractivity contribution in [3.63, 3.8) is 0 Å². The normalized spacial score (nSPS) is 11.1. The first kappa shape index (κ1) is 23.7. The summed E-state index contributed by atoms with van der Waals surface area (Å²) in [5, 5.41) is 0. The molecule has 1 aromatic heterocycles. The maximum absolute atomic E-state index is 9.75. The minimum atomic E-state index is -6.00. The Morgan fingerprint density at radius 1 is 0.700 bits per heavy atom. The van der Waals surface area contributed by atoms with Gasteiger partial charge in [0.05, 0.1) is 0 Å². The van der Waals surface area contributed by atoms with Gasteiger partial charge in [0.25, 0.3) is 0 Å². The van der Waals surface area contributed by atoms with Crippen LogP contribution >= 0.6 is 0 Å². The predicted molar refractivity (Wildman–Crippen MR) is 117 cm³/mol. The number of pyridine rings is 1. The van der Waals surface area contributed by atoms with Crippen LogP contribution in [0.25, 0.3) is 16.8 Å². The average Bonchev–Trinajstić information content (AvgIpc) is 2.66. The molecule has 0 atom stereocenters. The van der Waals surface area contributed by atoms with Gasteiger partial charge < -0.3 is 17.3 Å². The summed E-state index contributed by atoms with van der Waals surface area (Å²) in [5.41, 5.74) is 10.7. The molecule has 0 aliphatic heterocycles. The van der Waals surface area contributed by atoms with Crippen molar-refractivity contribution >= 4 is 7.25 Å². The van der Waals surface area contributed by atoms with Crippen LogP contribution in [0, 0.1) is 20.8 Å². The van der Waals surface area contributed by atoms with Crippen LogP contribution in [0.1, 0.15) is 41.9 Å². The van der Waals surface area contributed by atoms with E-state index in [4.69, 9.17) is 0 Å². The molecular formula is C24H28BF4N. The van der Waals surface area contributed by atoms with Crippen molar-refractivity contribution in [1.29, 1.82) is 0 Å². The highest BCUT2D eigenvalue weighted by Crippen LogP contribution is 2.24. The molecule has 0 aliphatic rings. The van der Waals surface area contributed by atoms with Gasteiger partial charge in [0.15, 0.2) is 11.4 Å². The van der Waals surface area contributed by atoms with Crippen LogP contribution in [0.2, 0.25) is 0 Å². The molecule has 0 saturated carbocycles. The summed E-state index contributed by atoms with van der Waals surface area (Å²) in [6, 6.07) is 20.0. The number of aryl methyl sites for hydroxylation is 5. The highest BCUT2D eigenvalue weighted by atomic mass is 19.5. The first-order valence-corrected chi connectivity index (χ1v) is 10.1. The molecule has 0 saturated heterocycles. The molecule has 2 aromatic carbocycles. The summed E-state index contributed by atoms with van der Waals surface area (Å²) in [5.74, 6) is 0. The van der Waals surface area contributed by atoms with E-state index < -0.39 is 7.25 Å². The number of hydrogen-bond acceptors (Lipinski definition) is 0. The van der Waals surface area contributed by atoms with Gasteiger partial charge in [0.1, 0.15) is 0 Å². The number of halogens is 4. The second-order valence-electron chi connectivity index (χ2n) is 7.38. The van der Waals surface area contributed by atoms with Crippen LogP contribution in [-0.2, 0) is 12.8 Å². The van der Waals surface area contributed by atoms with Crippen LogP contribution in [0.5, 0.6) is 0 Å². The molecule has 0 aliphatic carbocycles. The van der Waals surface area contributed by atoms with Gasteiger partial charge in [-0.3, -0.25) is 0 Å². The van der Waals surface area contributed by atoms with Crippen molar-refractivity contribution in [2.45, 2.75) is 47.5 Å². The highest BCUT2D eigenvalue weighted by Gasteiger charge is 2.24. The molecule has 160 valence electrons. The monoisotopic (exact) mass is 417 g/mol. The Bertz CT molecular complexity index is 944. The van der Waals surface area contributed by atoms with Crippen LogP contribution < -0.4 is 4.57 Å². The Hall–Kier alpha value is -2.63. The van der Waals surface area contributed by atoms with Crippen molar-refractivity contribution in [3.05, 3.63) is 82.7 Å². The molecule has 1 nitrogen and oxygen atoms in total. The molecule has 30 heavy (non-hydrogen) atoms. The van der Waals surface area contributed by atoms with E-state index in [1.807, 2.05) is 0 Å². The number of benzene rings is 2.